The summed E-state index contributed by atoms with van der Waals surface area (Å²) in [7, 11) is 0. The molecule has 0 radical (unpaired) electrons. The zero-order valence-electron chi connectivity index (χ0n) is 13.7. The van der Waals surface area contributed by atoms with E-state index in [9.17, 15) is 13.6 Å². The van der Waals surface area contributed by atoms with Gasteiger partial charge in [0, 0.05) is 11.1 Å². The number of nitrogens with zero attached hydrogens (tertiary/aromatic N) is 3. The summed E-state index contributed by atoms with van der Waals surface area (Å²) in [6.45, 7) is 3.33. The molecule has 0 unspecified atom stereocenters. The van der Waals surface area contributed by atoms with Gasteiger partial charge in [-0.3, -0.25) is 9.89 Å². The van der Waals surface area contributed by atoms with Crippen LogP contribution in [0.2, 0.25) is 5.15 Å². The third-order valence-corrected chi connectivity index (χ3v) is 4.37. The van der Waals surface area contributed by atoms with E-state index in [-0.39, 0.29) is 27.5 Å². The van der Waals surface area contributed by atoms with Gasteiger partial charge < -0.3 is 5.32 Å². The van der Waals surface area contributed by atoms with Crippen molar-refractivity contribution in [1.29, 1.82) is 5.26 Å². The molecule has 0 aliphatic carbocycles. The lowest BCUT2D eigenvalue weighted by atomic mass is 10.0. The monoisotopic (exact) mass is 375 g/mol. The van der Waals surface area contributed by atoms with E-state index >= 15 is 0 Å². The third-order valence-electron chi connectivity index (χ3n) is 4.09. The first-order chi connectivity index (χ1) is 12.3. The molecule has 132 valence electrons. The highest BCUT2D eigenvalue weighted by Gasteiger charge is 2.20. The number of pyridine rings is 1. The number of H-pyrrole nitrogens is 1. The number of carbonyl (C=O) groups is 1. The molecule has 9 heteroatoms. The van der Waals surface area contributed by atoms with Crippen LogP contribution in [0.4, 0.5) is 14.5 Å². The number of hydrogen-bond acceptors (Lipinski definition) is 4. The van der Waals surface area contributed by atoms with Gasteiger partial charge in [0.05, 0.1) is 11.1 Å². The van der Waals surface area contributed by atoms with Gasteiger partial charge in [0.1, 0.15) is 22.6 Å². The highest BCUT2D eigenvalue weighted by molar-refractivity contribution is 6.31. The number of hydrogen-bond donors (Lipinski definition) is 2. The molecule has 0 saturated carbocycles. The quantitative estimate of drug-likeness (QED) is 0.667. The number of fused-ring (bicyclic) bond motifs is 1. The Hall–Kier alpha value is -3.05. The van der Waals surface area contributed by atoms with E-state index in [4.69, 9.17) is 16.9 Å². The highest BCUT2D eigenvalue weighted by atomic mass is 35.5. The van der Waals surface area contributed by atoms with Crippen molar-refractivity contribution in [2.75, 3.05) is 5.32 Å². The number of aromatic amines is 1. The van der Waals surface area contributed by atoms with E-state index in [0.29, 0.717) is 22.3 Å². The van der Waals surface area contributed by atoms with Gasteiger partial charge in [0.2, 0.25) is 0 Å². The first kappa shape index (κ1) is 17.8. The van der Waals surface area contributed by atoms with Crippen LogP contribution >= 0.6 is 11.6 Å². The minimum absolute atomic E-state index is 0.0628. The van der Waals surface area contributed by atoms with Crippen molar-refractivity contribution in [3.63, 3.8) is 0 Å². The number of carbonyl (C=O) groups excluding carboxylic acids is 1. The average Bonchev–Trinajstić information content (AvgIpc) is 3.02. The van der Waals surface area contributed by atoms with E-state index in [1.54, 1.807) is 26.0 Å². The first-order valence-corrected chi connectivity index (χ1v) is 7.85. The third kappa shape index (κ3) is 2.97. The predicted octanol–water partition coefficient (Wildman–Crippen LogP) is 4.29. The minimum atomic E-state index is -2.74. The lowest BCUT2D eigenvalue weighted by molar-refractivity contribution is 0.102. The Balaban J connectivity index is 1.97. The number of nitriles is 1. The summed E-state index contributed by atoms with van der Waals surface area (Å²) in [4.78, 5) is 16.5. The molecule has 0 saturated heterocycles. The van der Waals surface area contributed by atoms with Crippen molar-refractivity contribution < 1.29 is 13.6 Å². The molecule has 3 aromatic rings. The van der Waals surface area contributed by atoms with Crippen molar-refractivity contribution in [1.82, 2.24) is 15.2 Å². The van der Waals surface area contributed by atoms with Gasteiger partial charge in [-0.2, -0.15) is 10.4 Å². The molecule has 2 heterocycles. The summed E-state index contributed by atoms with van der Waals surface area (Å²) in [6.07, 6.45) is -2.74. The topological polar surface area (TPSA) is 94.5 Å². The fraction of sp³-hybridized carbons (Fsp3) is 0.176. The standard InChI is InChI=1S/C17H12ClF2N5O/c1-7-8(2)13(23-15(18)11(7)6-21)17(26)22-9-3-4-12-10(5-9)14(16(19)20)25-24-12/h3-5,16H,1-2H3,(H,22,26)(H,24,25). The van der Waals surface area contributed by atoms with Crippen LogP contribution in [-0.2, 0) is 0 Å². The number of anilines is 1. The second-order valence-corrected chi connectivity index (χ2v) is 5.97. The van der Waals surface area contributed by atoms with Gasteiger partial charge >= 0.3 is 0 Å². The number of alkyl halides is 2. The normalized spacial score (nSPS) is 11.0. The summed E-state index contributed by atoms with van der Waals surface area (Å²) in [5, 5.41) is 18.0. The van der Waals surface area contributed by atoms with Gasteiger partial charge in [-0.15, -0.1) is 0 Å². The fourth-order valence-electron chi connectivity index (χ4n) is 2.58. The molecule has 0 spiro atoms. The zero-order valence-corrected chi connectivity index (χ0v) is 14.4. The SMILES string of the molecule is Cc1c(C(=O)Nc2ccc3[nH]nc(C(F)F)c3c2)nc(Cl)c(C#N)c1C. The lowest BCUT2D eigenvalue weighted by Gasteiger charge is -2.11. The van der Waals surface area contributed by atoms with Gasteiger partial charge in [-0.1, -0.05) is 11.6 Å². The van der Waals surface area contributed by atoms with Gasteiger partial charge in [0.25, 0.3) is 12.3 Å². The van der Waals surface area contributed by atoms with E-state index in [0.717, 1.165) is 0 Å². The smallest absolute Gasteiger partial charge is 0.282 e. The number of rotatable bonds is 3. The number of halogens is 3. The summed E-state index contributed by atoms with van der Waals surface area (Å²) in [5.74, 6) is -0.557. The molecule has 0 atom stereocenters. The number of amides is 1. The predicted molar refractivity (Wildman–Crippen MR) is 92.4 cm³/mol. The van der Waals surface area contributed by atoms with Crippen molar-refractivity contribution in [2.45, 2.75) is 20.3 Å². The second-order valence-electron chi connectivity index (χ2n) is 5.61. The molecule has 0 aliphatic heterocycles. The Labute approximate surface area is 151 Å². The van der Waals surface area contributed by atoms with Crippen molar-refractivity contribution in [3.8, 4) is 6.07 Å². The highest BCUT2D eigenvalue weighted by Crippen LogP contribution is 2.28. The molecule has 26 heavy (non-hydrogen) atoms. The molecule has 1 aromatic carbocycles. The average molecular weight is 376 g/mol. The molecule has 3 rings (SSSR count). The van der Waals surface area contributed by atoms with E-state index in [1.807, 2.05) is 6.07 Å². The maximum absolute atomic E-state index is 13.0. The first-order valence-electron chi connectivity index (χ1n) is 7.47. The summed E-state index contributed by atoms with van der Waals surface area (Å²) < 4.78 is 26.0. The lowest BCUT2D eigenvalue weighted by Crippen LogP contribution is -2.17. The van der Waals surface area contributed by atoms with Crippen LogP contribution in [0, 0.1) is 25.2 Å². The molecule has 0 fully saturated rings. The molecular weight excluding hydrogens is 364 g/mol. The molecule has 1 amide bonds. The Morgan fingerprint density at radius 2 is 2.08 bits per heavy atom. The van der Waals surface area contributed by atoms with Gasteiger partial charge in [-0.05, 0) is 43.2 Å². The Morgan fingerprint density at radius 3 is 2.73 bits per heavy atom. The fourth-order valence-corrected chi connectivity index (χ4v) is 2.85. The summed E-state index contributed by atoms with van der Waals surface area (Å²) in [6, 6.07) is 6.45. The van der Waals surface area contributed by atoms with Crippen molar-refractivity contribution >= 4 is 34.1 Å². The largest absolute Gasteiger partial charge is 0.321 e. The van der Waals surface area contributed by atoms with Gasteiger partial charge in [0.15, 0.2) is 0 Å². The summed E-state index contributed by atoms with van der Waals surface area (Å²) in [5.41, 5.74) is 1.71. The Bertz CT molecular complexity index is 1070. The van der Waals surface area contributed by atoms with Crippen LogP contribution in [0.1, 0.15) is 39.3 Å². The molecule has 0 bridgehead atoms. The van der Waals surface area contributed by atoms with Crippen molar-refractivity contribution in [3.05, 3.63) is 51.4 Å². The van der Waals surface area contributed by atoms with E-state index < -0.39 is 12.3 Å². The number of nitrogens with one attached hydrogen (secondary N) is 2. The van der Waals surface area contributed by atoms with Crippen LogP contribution in [0.3, 0.4) is 0 Å². The van der Waals surface area contributed by atoms with Crippen LogP contribution < -0.4 is 5.32 Å². The Kier molecular flexibility index (Phi) is 4.57. The Morgan fingerprint density at radius 1 is 1.35 bits per heavy atom. The number of aromatic nitrogens is 3. The van der Waals surface area contributed by atoms with Crippen LogP contribution in [0.25, 0.3) is 10.9 Å². The molecule has 0 aliphatic rings. The minimum Gasteiger partial charge on any atom is -0.321 e. The van der Waals surface area contributed by atoms with Crippen molar-refractivity contribution in [2.24, 2.45) is 0 Å². The van der Waals surface area contributed by atoms with Gasteiger partial charge in [-0.25, -0.2) is 13.8 Å². The second kappa shape index (κ2) is 6.69. The number of benzene rings is 1. The molecule has 6 nitrogen and oxygen atoms in total. The molecule has 2 N–H and O–H groups in total. The zero-order chi connectivity index (χ0) is 19.0. The van der Waals surface area contributed by atoms with Crippen LogP contribution in [0.5, 0.6) is 0 Å². The molecular formula is C17H12ClF2N5O. The van der Waals surface area contributed by atoms with Crippen LogP contribution in [0.15, 0.2) is 18.2 Å². The van der Waals surface area contributed by atoms with Crippen LogP contribution in [-0.4, -0.2) is 21.1 Å². The molecule has 2 aromatic heterocycles. The maximum Gasteiger partial charge on any atom is 0.282 e. The van der Waals surface area contributed by atoms with E-state index in [1.165, 1.54) is 6.07 Å². The maximum atomic E-state index is 13.0. The summed E-state index contributed by atoms with van der Waals surface area (Å²) >= 11 is 5.96. The van der Waals surface area contributed by atoms with E-state index in [2.05, 4.69) is 20.5 Å².